The molecule has 1 N–H and O–H groups in total. The Kier molecular flexibility index (Phi) is 39.4. The molecule has 1 aliphatic heterocycles. The Hall–Kier alpha value is -2.71. The number of aliphatic hydroxyl groups is 1. The number of piperazine rings is 1. The van der Waals surface area contributed by atoms with Crippen molar-refractivity contribution in [3.63, 3.8) is 0 Å². The smallest absolute Gasteiger partial charge is 0.305 e. The zero-order valence-corrected chi connectivity index (χ0v) is 42.4. The van der Waals surface area contributed by atoms with E-state index in [2.05, 4.69) is 59.0 Å². The Morgan fingerprint density at radius 1 is 0.569 bits per heavy atom. The van der Waals surface area contributed by atoms with E-state index >= 15 is 0 Å². The molecule has 0 aromatic carbocycles. The molecule has 8 heteroatoms. The highest BCUT2D eigenvalue weighted by Gasteiger charge is 2.25. The first-order valence-corrected chi connectivity index (χ1v) is 27.7. The maximum atomic E-state index is 12.4. The predicted molar refractivity (Wildman–Crippen MR) is 276 cm³/mol. The molecule has 2 rings (SSSR count). The predicted octanol–water partition coefficient (Wildman–Crippen LogP) is 15.1. The third-order valence-electron chi connectivity index (χ3n) is 13.3. The van der Waals surface area contributed by atoms with Gasteiger partial charge in [0, 0.05) is 51.8 Å². The summed E-state index contributed by atoms with van der Waals surface area (Å²) in [5, 5.41) is 11.5. The van der Waals surface area contributed by atoms with Crippen LogP contribution in [0.5, 0.6) is 0 Å². The summed E-state index contributed by atoms with van der Waals surface area (Å²) in [5.74, 6) is 0.0372. The molecule has 0 spiro atoms. The van der Waals surface area contributed by atoms with Crippen molar-refractivity contribution in [1.29, 1.82) is 0 Å². The standard InChI is InChI=1S/C57H101N3O5/c1-3-5-7-9-11-13-15-17-19-21-23-25-27-29-33-42-56(62)64-49-36-31-32-41-55(61)53(52-59-45-47-60(48-46-59)54-40-38-44-58-51-54)39-35-37-50-65-57(63)43-34-30-28-26-24-22-20-18-16-14-12-10-8-6-4-2/h17-20,38,40,44,51,53,55,61H,3-16,21-37,39,41-43,45-50,52H2,1-2H3/b19-17-,20-18-. The Balaban J connectivity index is 1.55. The minimum atomic E-state index is -0.376. The fraction of sp³-hybridized carbons (Fsp3) is 0.807. The molecule has 2 unspecified atom stereocenters. The highest BCUT2D eigenvalue weighted by atomic mass is 16.5. The number of esters is 2. The number of nitrogens with zero attached hydrogens (tertiary/aromatic N) is 3. The lowest BCUT2D eigenvalue weighted by molar-refractivity contribution is -0.144. The van der Waals surface area contributed by atoms with E-state index in [0.29, 0.717) is 26.1 Å². The quantitative estimate of drug-likeness (QED) is 0.0393. The molecule has 65 heavy (non-hydrogen) atoms. The SMILES string of the molecule is CCCCCCCC/C=C\CCCCCCCC(=O)OCCCCCC(O)C(CCCCOC(=O)CCCCCCC/C=C\CCCCCCCC)CN1CCN(c2cccnc2)CC1. The summed E-state index contributed by atoms with van der Waals surface area (Å²) in [7, 11) is 0. The molecule has 2 atom stereocenters. The topological polar surface area (TPSA) is 92.2 Å². The molecule has 1 aliphatic rings. The van der Waals surface area contributed by atoms with Crippen molar-refractivity contribution >= 4 is 17.6 Å². The summed E-state index contributed by atoms with van der Waals surface area (Å²) in [5.41, 5.74) is 1.17. The first-order valence-electron chi connectivity index (χ1n) is 27.7. The summed E-state index contributed by atoms with van der Waals surface area (Å²) in [4.78, 5) is 34.0. The van der Waals surface area contributed by atoms with E-state index in [-0.39, 0.29) is 24.0 Å². The molecule has 0 radical (unpaired) electrons. The van der Waals surface area contributed by atoms with Crippen LogP contribution in [0.25, 0.3) is 0 Å². The molecular weight excluding hydrogens is 807 g/mol. The monoisotopic (exact) mass is 908 g/mol. The molecule has 0 saturated carbocycles. The van der Waals surface area contributed by atoms with Gasteiger partial charge < -0.3 is 19.5 Å². The van der Waals surface area contributed by atoms with Gasteiger partial charge in [-0.3, -0.25) is 19.5 Å². The van der Waals surface area contributed by atoms with Gasteiger partial charge in [-0.25, -0.2) is 0 Å². The molecule has 1 saturated heterocycles. The van der Waals surface area contributed by atoms with Crippen molar-refractivity contribution in [2.45, 2.75) is 245 Å². The lowest BCUT2D eigenvalue weighted by Crippen LogP contribution is -2.49. The average Bonchev–Trinajstić information content (AvgIpc) is 3.32. The molecule has 1 fully saturated rings. The van der Waals surface area contributed by atoms with Crippen LogP contribution < -0.4 is 4.90 Å². The lowest BCUT2D eigenvalue weighted by Gasteiger charge is -2.38. The van der Waals surface area contributed by atoms with Gasteiger partial charge in [-0.15, -0.1) is 0 Å². The van der Waals surface area contributed by atoms with E-state index in [1.54, 1.807) is 0 Å². The minimum absolute atomic E-state index is 0.0694. The number of carbonyl (C=O) groups excluding carboxylic acids is 2. The van der Waals surface area contributed by atoms with Crippen LogP contribution in [0.1, 0.15) is 239 Å². The maximum absolute atomic E-state index is 12.4. The van der Waals surface area contributed by atoms with E-state index in [1.807, 2.05) is 18.5 Å². The van der Waals surface area contributed by atoms with Gasteiger partial charge in [-0.2, -0.15) is 0 Å². The number of carbonyl (C=O) groups is 2. The molecule has 0 bridgehead atoms. The van der Waals surface area contributed by atoms with Gasteiger partial charge in [0.15, 0.2) is 0 Å². The van der Waals surface area contributed by atoms with Gasteiger partial charge in [0.25, 0.3) is 0 Å². The van der Waals surface area contributed by atoms with Crippen molar-refractivity contribution in [3.05, 3.63) is 48.8 Å². The van der Waals surface area contributed by atoms with E-state index < -0.39 is 0 Å². The minimum Gasteiger partial charge on any atom is -0.466 e. The van der Waals surface area contributed by atoms with Crippen molar-refractivity contribution < 1.29 is 24.2 Å². The Bertz CT molecular complexity index is 1270. The number of aliphatic hydroxyl groups excluding tert-OH is 1. The number of hydrogen-bond donors (Lipinski definition) is 1. The number of pyridine rings is 1. The second-order valence-corrected chi connectivity index (χ2v) is 19.3. The van der Waals surface area contributed by atoms with Crippen LogP contribution in [0, 0.1) is 5.92 Å². The maximum Gasteiger partial charge on any atom is 0.305 e. The van der Waals surface area contributed by atoms with Gasteiger partial charge in [0.1, 0.15) is 0 Å². The molecule has 374 valence electrons. The third kappa shape index (κ3) is 35.2. The molecule has 8 nitrogen and oxygen atoms in total. The number of allylic oxidation sites excluding steroid dienone is 4. The van der Waals surface area contributed by atoms with Crippen molar-refractivity contribution in [2.75, 3.05) is 50.8 Å². The first kappa shape index (κ1) is 58.4. The van der Waals surface area contributed by atoms with Crippen LogP contribution in [0.3, 0.4) is 0 Å². The van der Waals surface area contributed by atoms with Crippen LogP contribution in [0.15, 0.2) is 48.8 Å². The van der Waals surface area contributed by atoms with Crippen molar-refractivity contribution in [3.8, 4) is 0 Å². The van der Waals surface area contributed by atoms with Gasteiger partial charge in [0.05, 0.1) is 31.2 Å². The number of rotatable bonds is 45. The first-order chi connectivity index (χ1) is 32.0. The summed E-state index contributed by atoms with van der Waals surface area (Å²) in [6.07, 6.45) is 52.5. The van der Waals surface area contributed by atoms with Crippen molar-refractivity contribution in [1.82, 2.24) is 9.88 Å². The molecule has 1 aromatic heterocycles. The second kappa shape index (κ2) is 43.8. The Morgan fingerprint density at radius 3 is 1.48 bits per heavy atom. The molecule has 0 aliphatic carbocycles. The van der Waals surface area contributed by atoms with Crippen molar-refractivity contribution in [2.24, 2.45) is 5.92 Å². The highest BCUT2D eigenvalue weighted by molar-refractivity contribution is 5.69. The van der Waals surface area contributed by atoms with E-state index in [1.165, 1.54) is 147 Å². The number of hydrogen-bond acceptors (Lipinski definition) is 8. The van der Waals surface area contributed by atoms with Gasteiger partial charge in [-0.05, 0) is 121 Å². The molecule has 2 heterocycles. The van der Waals surface area contributed by atoms with Crippen LogP contribution in [-0.4, -0.2) is 79.0 Å². The highest BCUT2D eigenvalue weighted by Crippen LogP contribution is 2.23. The summed E-state index contributed by atoms with van der Waals surface area (Å²) in [6.45, 7) is 10.2. The molecule has 1 aromatic rings. The number of ether oxygens (including phenoxy) is 2. The summed E-state index contributed by atoms with van der Waals surface area (Å²) >= 11 is 0. The zero-order valence-electron chi connectivity index (χ0n) is 42.4. The average molecular weight is 908 g/mol. The van der Waals surface area contributed by atoms with Crippen LogP contribution in [0.2, 0.25) is 0 Å². The fourth-order valence-corrected chi connectivity index (χ4v) is 9.04. The number of aromatic nitrogens is 1. The van der Waals surface area contributed by atoms with Crippen LogP contribution >= 0.6 is 0 Å². The largest absolute Gasteiger partial charge is 0.466 e. The normalized spacial score (nSPS) is 14.4. The van der Waals surface area contributed by atoms with Crippen LogP contribution in [-0.2, 0) is 19.1 Å². The third-order valence-corrected chi connectivity index (χ3v) is 13.3. The zero-order chi connectivity index (χ0) is 46.5. The van der Waals surface area contributed by atoms with E-state index in [4.69, 9.17) is 9.47 Å². The Labute approximate surface area is 400 Å². The van der Waals surface area contributed by atoms with Gasteiger partial charge in [-0.1, -0.05) is 147 Å². The molecule has 0 amide bonds. The number of unbranched alkanes of at least 4 members (excludes halogenated alkanes) is 25. The summed E-state index contributed by atoms with van der Waals surface area (Å²) < 4.78 is 11.2. The van der Waals surface area contributed by atoms with Gasteiger partial charge >= 0.3 is 11.9 Å². The second-order valence-electron chi connectivity index (χ2n) is 19.3. The Morgan fingerprint density at radius 2 is 1.00 bits per heavy atom. The number of anilines is 1. The fourth-order valence-electron chi connectivity index (χ4n) is 9.04. The van der Waals surface area contributed by atoms with Gasteiger partial charge in [0.2, 0.25) is 0 Å². The lowest BCUT2D eigenvalue weighted by atomic mass is 9.91. The van der Waals surface area contributed by atoms with E-state index in [0.717, 1.165) is 103 Å². The van der Waals surface area contributed by atoms with E-state index in [9.17, 15) is 14.7 Å². The summed E-state index contributed by atoms with van der Waals surface area (Å²) in [6, 6.07) is 4.12. The van der Waals surface area contributed by atoms with Crippen LogP contribution in [0.4, 0.5) is 5.69 Å². The molecular formula is C57H101N3O5.